The number of halogens is 1. The van der Waals surface area contributed by atoms with Crippen LogP contribution in [-0.4, -0.2) is 29.1 Å². The van der Waals surface area contributed by atoms with E-state index in [1.54, 1.807) is 18.3 Å². The molecule has 1 aromatic heterocycles. The molecule has 1 aliphatic heterocycles. The van der Waals surface area contributed by atoms with E-state index in [2.05, 4.69) is 20.6 Å². The minimum absolute atomic E-state index is 0.00828. The SMILES string of the molecule is N#Cc1ccc(COc2nccc(NC3CCNCC3)n2)c(F)c1. The van der Waals surface area contributed by atoms with Gasteiger partial charge < -0.3 is 15.4 Å². The third-order valence-corrected chi connectivity index (χ3v) is 3.86. The van der Waals surface area contributed by atoms with Gasteiger partial charge in [0, 0.05) is 17.8 Å². The monoisotopic (exact) mass is 327 g/mol. The Balaban J connectivity index is 1.61. The fourth-order valence-corrected chi connectivity index (χ4v) is 2.54. The van der Waals surface area contributed by atoms with Gasteiger partial charge in [-0.25, -0.2) is 9.37 Å². The first-order chi connectivity index (χ1) is 11.7. The van der Waals surface area contributed by atoms with Crippen LogP contribution < -0.4 is 15.4 Å². The first kappa shape index (κ1) is 16.1. The average molecular weight is 327 g/mol. The maximum absolute atomic E-state index is 13.8. The lowest BCUT2D eigenvalue weighted by Crippen LogP contribution is -2.35. The Kier molecular flexibility index (Phi) is 5.18. The molecule has 0 atom stereocenters. The first-order valence-corrected chi connectivity index (χ1v) is 7.86. The summed E-state index contributed by atoms with van der Waals surface area (Å²) in [6.45, 7) is 1.99. The standard InChI is InChI=1S/C17H18FN5O/c18-15-9-12(10-19)1-2-13(15)11-24-17-21-8-5-16(23-17)22-14-3-6-20-7-4-14/h1-2,5,8-9,14,20H,3-4,6-7,11H2,(H,21,22,23). The molecule has 0 spiro atoms. The topological polar surface area (TPSA) is 82.9 Å². The Morgan fingerprint density at radius 3 is 2.92 bits per heavy atom. The molecule has 1 saturated heterocycles. The maximum atomic E-state index is 13.8. The third-order valence-electron chi connectivity index (χ3n) is 3.86. The van der Waals surface area contributed by atoms with Crippen LogP contribution in [0.1, 0.15) is 24.0 Å². The van der Waals surface area contributed by atoms with Gasteiger partial charge in [0.2, 0.25) is 0 Å². The molecule has 2 heterocycles. The van der Waals surface area contributed by atoms with E-state index >= 15 is 0 Å². The van der Waals surface area contributed by atoms with Gasteiger partial charge in [-0.3, -0.25) is 0 Å². The zero-order valence-electron chi connectivity index (χ0n) is 13.1. The lowest BCUT2D eigenvalue weighted by Gasteiger charge is -2.24. The van der Waals surface area contributed by atoms with Crippen molar-refractivity contribution in [3.8, 4) is 12.1 Å². The van der Waals surface area contributed by atoms with Crippen molar-refractivity contribution in [1.29, 1.82) is 5.26 Å². The van der Waals surface area contributed by atoms with E-state index in [-0.39, 0.29) is 18.2 Å². The third kappa shape index (κ3) is 4.18. The second kappa shape index (κ2) is 7.70. The Hall–Kier alpha value is -2.72. The molecule has 0 saturated carbocycles. The molecular weight excluding hydrogens is 309 g/mol. The molecule has 7 heteroatoms. The van der Waals surface area contributed by atoms with Crippen LogP contribution in [0, 0.1) is 17.1 Å². The summed E-state index contributed by atoms with van der Waals surface area (Å²) in [6, 6.07) is 8.53. The van der Waals surface area contributed by atoms with Crippen molar-refractivity contribution in [2.45, 2.75) is 25.5 Å². The number of benzene rings is 1. The maximum Gasteiger partial charge on any atom is 0.318 e. The number of hydrogen-bond donors (Lipinski definition) is 2. The molecule has 2 N–H and O–H groups in total. The zero-order chi connectivity index (χ0) is 16.8. The lowest BCUT2D eigenvalue weighted by molar-refractivity contribution is 0.275. The Bertz CT molecular complexity index is 740. The molecule has 0 aliphatic carbocycles. The number of nitriles is 1. The molecule has 1 aliphatic rings. The molecule has 6 nitrogen and oxygen atoms in total. The van der Waals surface area contributed by atoms with Crippen LogP contribution >= 0.6 is 0 Å². The summed E-state index contributed by atoms with van der Waals surface area (Å²) in [6.07, 6.45) is 3.69. The first-order valence-electron chi connectivity index (χ1n) is 7.86. The molecule has 0 unspecified atom stereocenters. The number of piperidine rings is 1. The number of ether oxygens (including phenoxy) is 1. The summed E-state index contributed by atoms with van der Waals surface area (Å²) in [4.78, 5) is 8.36. The highest BCUT2D eigenvalue weighted by Gasteiger charge is 2.13. The molecule has 1 fully saturated rings. The second-order valence-corrected chi connectivity index (χ2v) is 5.60. The highest BCUT2D eigenvalue weighted by molar-refractivity contribution is 5.36. The fourth-order valence-electron chi connectivity index (χ4n) is 2.54. The number of aromatic nitrogens is 2. The van der Waals surface area contributed by atoms with E-state index in [0.29, 0.717) is 17.4 Å². The molecule has 2 aromatic rings. The van der Waals surface area contributed by atoms with Crippen LogP contribution in [0.5, 0.6) is 6.01 Å². The van der Waals surface area contributed by atoms with Gasteiger partial charge >= 0.3 is 6.01 Å². The minimum atomic E-state index is -0.474. The van der Waals surface area contributed by atoms with Crippen molar-refractivity contribution in [1.82, 2.24) is 15.3 Å². The van der Waals surface area contributed by atoms with Crippen molar-refractivity contribution in [3.63, 3.8) is 0 Å². The Morgan fingerprint density at radius 1 is 1.33 bits per heavy atom. The number of rotatable bonds is 5. The van der Waals surface area contributed by atoms with Gasteiger partial charge in [-0.1, -0.05) is 6.07 Å². The summed E-state index contributed by atoms with van der Waals surface area (Å²) in [5.74, 6) is 0.227. The quantitative estimate of drug-likeness (QED) is 0.876. The van der Waals surface area contributed by atoms with Crippen LogP contribution in [-0.2, 0) is 6.61 Å². The van der Waals surface area contributed by atoms with Gasteiger partial charge in [-0.15, -0.1) is 0 Å². The van der Waals surface area contributed by atoms with Crippen LogP contribution in [0.15, 0.2) is 30.5 Å². The Labute approximate surface area is 139 Å². The predicted octanol–water partition coefficient (Wildman–Crippen LogP) is 2.23. The van der Waals surface area contributed by atoms with E-state index in [0.717, 1.165) is 25.9 Å². The summed E-state index contributed by atoms with van der Waals surface area (Å²) in [5.41, 5.74) is 0.634. The zero-order valence-corrected chi connectivity index (χ0v) is 13.1. The predicted molar refractivity (Wildman–Crippen MR) is 87.0 cm³/mol. The van der Waals surface area contributed by atoms with E-state index in [4.69, 9.17) is 10.00 Å². The smallest absolute Gasteiger partial charge is 0.318 e. The number of anilines is 1. The van der Waals surface area contributed by atoms with Crippen LogP contribution in [0.2, 0.25) is 0 Å². The normalized spacial score (nSPS) is 14.8. The summed E-state index contributed by atoms with van der Waals surface area (Å²) in [7, 11) is 0. The summed E-state index contributed by atoms with van der Waals surface area (Å²) < 4.78 is 19.3. The summed E-state index contributed by atoms with van der Waals surface area (Å²) >= 11 is 0. The average Bonchev–Trinajstić information content (AvgIpc) is 2.62. The van der Waals surface area contributed by atoms with Crippen molar-refractivity contribution < 1.29 is 9.13 Å². The van der Waals surface area contributed by atoms with Crippen molar-refractivity contribution in [2.24, 2.45) is 0 Å². The van der Waals surface area contributed by atoms with Gasteiger partial charge in [-0.05, 0) is 44.1 Å². The van der Waals surface area contributed by atoms with Crippen LogP contribution in [0.25, 0.3) is 0 Å². The van der Waals surface area contributed by atoms with Gasteiger partial charge in [0.25, 0.3) is 0 Å². The highest BCUT2D eigenvalue weighted by Crippen LogP contribution is 2.15. The molecular formula is C17H18FN5O. The number of hydrogen-bond acceptors (Lipinski definition) is 6. The van der Waals surface area contributed by atoms with Gasteiger partial charge in [0.15, 0.2) is 0 Å². The van der Waals surface area contributed by atoms with Gasteiger partial charge in [-0.2, -0.15) is 10.2 Å². The lowest BCUT2D eigenvalue weighted by atomic mass is 10.1. The van der Waals surface area contributed by atoms with Crippen LogP contribution in [0.4, 0.5) is 10.2 Å². The molecule has 24 heavy (non-hydrogen) atoms. The fraction of sp³-hybridized carbons (Fsp3) is 0.353. The van der Waals surface area contributed by atoms with E-state index in [1.165, 1.54) is 12.1 Å². The van der Waals surface area contributed by atoms with Crippen LogP contribution in [0.3, 0.4) is 0 Å². The molecule has 124 valence electrons. The number of nitrogens with one attached hydrogen (secondary N) is 2. The van der Waals surface area contributed by atoms with E-state index in [9.17, 15) is 4.39 Å². The summed E-state index contributed by atoms with van der Waals surface area (Å²) in [5, 5.41) is 15.4. The second-order valence-electron chi connectivity index (χ2n) is 5.60. The largest absolute Gasteiger partial charge is 0.458 e. The van der Waals surface area contributed by atoms with Crippen molar-refractivity contribution >= 4 is 5.82 Å². The number of nitrogens with zero attached hydrogens (tertiary/aromatic N) is 3. The molecule has 0 amide bonds. The molecule has 3 rings (SSSR count). The highest BCUT2D eigenvalue weighted by atomic mass is 19.1. The van der Waals surface area contributed by atoms with Crippen molar-refractivity contribution in [2.75, 3.05) is 18.4 Å². The van der Waals surface area contributed by atoms with Gasteiger partial charge in [0.05, 0.1) is 11.6 Å². The van der Waals surface area contributed by atoms with E-state index in [1.807, 2.05) is 6.07 Å². The molecule has 1 aromatic carbocycles. The minimum Gasteiger partial charge on any atom is -0.458 e. The Morgan fingerprint density at radius 2 is 2.17 bits per heavy atom. The molecule has 0 radical (unpaired) electrons. The van der Waals surface area contributed by atoms with Crippen molar-refractivity contribution in [3.05, 3.63) is 47.4 Å². The molecule has 0 bridgehead atoms. The van der Waals surface area contributed by atoms with Gasteiger partial charge in [0.1, 0.15) is 18.2 Å². The van der Waals surface area contributed by atoms with E-state index < -0.39 is 5.82 Å².